The number of aromatic nitrogens is 4. The molecule has 250 valence electrons. The Balaban J connectivity index is 1.31. The van der Waals surface area contributed by atoms with Crippen LogP contribution in [0.4, 0.5) is 10.6 Å². The van der Waals surface area contributed by atoms with E-state index in [9.17, 15) is 45.0 Å². The molecule has 2 saturated heterocycles. The van der Waals surface area contributed by atoms with Gasteiger partial charge in [-0.2, -0.15) is 0 Å². The number of imidazole rings is 1. The van der Waals surface area contributed by atoms with Gasteiger partial charge in [0.25, 0.3) is 0 Å². The first-order chi connectivity index (χ1) is 21.3. The molecule has 19 heteroatoms. The van der Waals surface area contributed by atoms with Crippen molar-refractivity contribution in [1.29, 1.82) is 0 Å². The number of urea groups is 1. The summed E-state index contributed by atoms with van der Waals surface area (Å²) in [5.41, 5.74) is 0.142. The molecule has 4 heterocycles. The van der Waals surface area contributed by atoms with Crippen molar-refractivity contribution in [1.82, 2.24) is 24.8 Å². The fourth-order valence-electron chi connectivity index (χ4n) is 4.85. The van der Waals surface area contributed by atoms with Crippen LogP contribution in [-0.4, -0.2) is 136 Å². The standard InChI is InChI=1S/C26H38N6O13/c1-10(43-25-14(34)6-13(33)11(2)45-25)4-5-16(36)44-12(3)17(24(39)40)30-26(41)31-21-18-22(28-8-27-21)32(9-29-18)23-20(38)19(37)15(35)7-42-23/h8-15,17,19-20,23,25,33-35,37-38H,4-7H2,1-3H3,(H,39,40)(H2,27,28,30,31,41)/t10-,11?,12+,13-,14+,15+,17-,19?,20?,23+,25-/m0/s1. The summed E-state index contributed by atoms with van der Waals surface area (Å²) < 4.78 is 23.0. The average molecular weight is 643 g/mol. The number of carbonyl (C=O) groups excluding carboxylic acids is 2. The number of aliphatic hydroxyl groups is 5. The fourth-order valence-corrected chi connectivity index (χ4v) is 4.85. The van der Waals surface area contributed by atoms with E-state index < -0.39 is 85.4 Å². The number of rotatable bonds is 11. The van der Waals surface area contributed by atoms with Crippen molar-refractivity contribution < 1.29 is 64.0 Å². The minimum atomic E-state index is -1.66. The Morgan fingerprint density at radius 2 is 1.80 bits per heavy atom. The number of fused-ring (bicyclic) bond motifs is 1. The molecule has 3 unspecified atom stereocenters. The Labute approximate surface area is 256 Å². The minimum absolute atomic E-state index is 0.0449. The predicted molar refractivity (Wildman–Crippen MR) is 148 cm³/mol. The first-order valence-electron chi connectivity index (χ1n) is 14.3. The zero-order valence-electron chi connectivity index (χ0n) is 24.7. The van der Waals surface area contributed by atoms with Gasteiger partial charge < -0.3 is 54.9 Å². The van der Waals surface area contributed by atoms with Crippen LogP contribution in [0.2, 0.25) is 0 Å². The van der Waals surface area contributed by atoms with Crippen LogP contribution >= 0.6 is 0 Å². The molecule has 2 fully saturated rings. The summed E-state index contributed by atoms with van der Waals surface area (Å²) in [6.45, 7) is 4.32. The average Bonchev–Trinajstić information content (AvgIpc) is 3.41. The number of nitrogens with one attached hydrogen (secondary N) is 2. The second-order valence-electron chi connectivity index (χ2n) is 11.0. The van der Waals surface area contributed by atoms with E-state index in [4.69, 9.17) is 18.9 Å². The molecule has 8 N–H and O–H groups in total. The number of esters is 1. The topological polar surface area (TPSA) is 277 Å². The molecular formula is C26H38N6O13. The highest BCUT2D eigenvalue weighted by molar-refractivity contribution is 5.97. The molecule has 2 aromatic rings. The number of carbonyl (C=O) groups is 3. The number of carboxylic acid groups (broad SMARTS) is 1. The van der Waals surface area contributed by atoms with Gasteiger partial charge in [-0.25, -0.2) is 24.5 Å². The largest absolute Gasteiger partial charge is 0.480 e. The summed E-state index contributed by atoms with van der Waals surface area (Å²) in [5.74, 6) is -2.36. The van der Waals surface area contributed by atoms with E-state index >= 15 is 0 Å². The van der Waals surface area contributed by atoms with E-state index in [1.54, 1.807) is 13.8 Å². The maximum Gasteiger partial charge on any atom is 0.330 e. The number of hydrogen-bond acceptors (Lipinski definition) is 15. The molecule has 2 aliphatic heterocycles. The Hall–Kier alpha value is -3.56. The van der Waals surface area contributed by atoms with Crippen molar-refractivity contribution in [3.63, 3.8) is 0 Å². The van der Waals surface area contributed by atoms with Gasteiger partial charge in [0, 0.05) is 12.8 Å². The van der Waals surface area contributed by atoms with E-state index in [1.165, 1.54) is 17.8 Å². The third-order valence-electron chi connectivity index (χ3n) is 7.49. The Kier molecular flexibility index (Phi) is 11.2. The molecule has 0 aliphatic carbocycles. The van der Waals surface area contributed by atoms with E-state index in [1.807, 2.05) is 0 Å². The van der Waals surface area contributed by atoms with Crippen molar-refractivity contribution in [2.24, 2.45) is 0 Å². The summed E-state index contributed by atoms with van der Waals surface area (Å²) in [5, 5.41) is 64.2. The number of nitrogens with zero attached hydrogens (tertiary/aromatic N) is 4. The van der Waals surface area contributed by atoms with Crippen LogP contribution in [0.15, 0.2) is 12.7 Å². The first kappa shape index (κ1) is 34.3. The Morgan fingerprint density at radius 3 is 2.51 bits per heavy atom. The summed E-state index contributed by atoms with van der Waals surface area (Å²) in [6.07, 6.45) is -8.32. The minimum Gasteiger partial charge on any atom is -0.480 e. The van der Waals surface area contributed by atoms with Crippen molar-refractivity contribution in [3.05, 3.63) is 12.7 Å². The van der Waals surface area contributed by atoms with Crippen LogP contribution in [0, 0.1) is 0 Å². The number of carboxylic acids is 1. The molecule has 2 amide bonds. The van der Waals surface area contributed by atoms with Crippen LogP contribution in [0.25, 0.3) is 11.2 Å². The molecule has 11 atom stereocenters. The summed E-state index contributed by atoms with van der Waals surface area (Å²) in [6, 6.07) is -2.67. The number of amides is 2. The molecular weight excluding hydrogens is 604 g/mol. The third kappa shape index (κ3) is 8.19. The zero-order chi connectivity index (χ0) is 33.0. The third-order valence-corrected chi connectivity index (χ3v) is 7.49. The molecule has 19 nitrogen and oxygen atoms in total. The van der Waals surface area contributed by atoms with Crippen molar-refractivity contribution in [2.45, 2.75) is 107 Å². The number of aliphatic hydroxyl groups excluding tert-OH is 5. The monoisotopic (exact) mass is 642 g/mol. The van der Waals surface area contributed by atoms with Gasteiger partial charge >= 0.3 is 18.0 Å². The number of ether oxygens (including phenoxy) is 4. The molecule has 0 radical (unpaired) electrons. The lowest BCUT2D eigenvalue weighted by Crippen LogP contribution is -2.50. The van der Waals surface area contributed by atoms with Gasteiger partial charge in [-0.3, -0.25) is 14.7 Å². The van der Waals surface area contributed by atoms with Crippen LogP contribution in [0.1, 0.15) is 46.3 Å². The normalized spacial score (nSPS) is 30.7. The molecule has 45 heavy (non-hydrogen) atoms. The van der Waals surface area contributed by atoms with Gasteiger partial charge in [-0.1, -0.05) is 0 Å². The van der Waals surface area contributed by atoms with Crippen molar-refractivity contribution in [2.75, 3.05) is 11.9 Å². The summed E-state index contributed by atoms with van der Waals surface area (Å²) in [4.78, 5) is 49.3. The van der Waals surface area contributed by atoms with Crippen LogP contribution < -0.4 is 10.6 Å². The highest BCUT2D eigenvalue weighted by Gasteiger charge is 2.40. The van der Waals surface area contributed by atoms with E-state index in [2.05, 4.69) is 25.6 Å². The van der Waals surface area contributed by atoms with Crippen LogP contribution in [-0.2, 0) is 28.5 Å². The highest BCUT2D eigenvalue weighted by Crippen LogP contribution is 2.28. The summed E-state index contributed by atoms with van der Waals surface area (Å²) in [7, 11) is 0. The van der Waals surface area contributed by atoms with Gasteiger partial charge in [0.2, 0.25) is 0 Å². The molecule has 0 bridgehead atoms. The molecule has 0 saturated carbocycles. The lowest BCUT2D eigenvalue weighted by Gasteiger charge is -2.36. The van der Waals surface area contributed by atoms with Gasteiger partial charge in [-0.05, 0) is 27.2 Å². The number of anilines is 1. The Bertz CT molecular complexity index is 1350. The smallest absolute Gasteiger partial charge is 0.330 e. The molecule has 0 spiro atoms. The molecule has 2 aliphatic rings. The summed E-state index contributed by atoms with van der Waals surface area (Å²) >= 11 is 0. The SMILES string of the molecule is CC1O[C@H](O[C@@H](C)CCC(=O)O[C@H](C)[C@H](NC(=O)Nc2ncnc3c2ncn3[C@@H]2OC[C@@H](O)C(O)C2O)C(=O)O)[C@H](O)C[C@@H]1O. The van der Waals surface area contributed by atoms with Gasteiger partial charge in [0.05, 0.1) is 31.2 Å². The van der Waals surface area contributed by atoms with Gasteiger partial charge in [0.15, 0.2) is 35.5 Å². The van der Waals surface area contributed by atoms with Gasteiger partial charge in [0.1, 0.15) is 36.8 Å². The maximum absolute atomic E-state index is 12.8. The molecule has 4 rings (SSSR count). The highest BCUT2D eigenvalue weighted by atomic mass is 16.7. The lowest BCUT2D eigenvalue weighted by atomic mass is 10.0. The fraction of sp³-hybridized carbons (Fsp3) is 0.692. The molecule has 0 aromatic carbocycles. The molecule has 2 aromatic heterocycles. The van der Waals surface area contributed by atoms with E-state index in [0.29, 0.717) is 0 Å². The quantitative estimate of drug-likeness (QED) is 0.123. The van der Waals surface area contributed by atoms with Crippen molar-refractivity contribution >= 4 is 35.0 Å². The lowest BCUT2D eigenvalue weighted by molar-refractivity contribution is -0.273. The Morgan fingerprint density at radius 1 is 1.07 bits per heavy atom. The zero-order valence-corrected chi connectivity index (χ0v) is 24.7. The van der Waals surface area contributed by atoms with Crippen LogP contribution in [0.5, 0.6) is 0 Å². The predicted octanol–water partition coefficient (Wildman–Crippen LogP) is -2.01. The first-order valence-corrected chi connectivity index (χ1v) is 14.3. The maximum atomic E-state index is 12.8. The number of hydrogen-bond donors (Lipinski definition) is 8. The van der Waals surface area contributed by atoms with E-state index in [-0.39, 0.29) is 42.9 Å². The van der Waals surface area contributed by atoms with Gasteiger partial charge in [-0.15, -0.1) is 0 Å². The second kappa shape index (κ2) is 14.7. The second-order valence-corrected chi connectivity index (χ2v) is 11.0. The van der Waals surface area contributed by atoms with E-state index in [0.717, 1.165) is 6.33 Å². The number of aliphatic carboxylic acids is 1. The van der Waals surface area contributed by atoms with Crippen molar-refractivity contribution in [3.8, 4) is 0 Å². The van der Waals surface area contributed by atoms with Crippen LogP contribution in [0.3, 0.4) is 0 Å².